The SMILES string of the molecule is Clc1ccc(/C=C/[C@@]23OCC(c4ccccc4)(c4ccccc4)[C@@H]2[C@@H](c2ccc(Cl)cc2)Nc2ccccc23)cc1. The van der Waals surface area contributed by atoms with Gasteiger partial charge in [-0.1, -0.05) is 132 Å². The number of halogens is 2. The summed E-state index contributed by atoms with van der Waals surface area (Å²) in [7, 11) is 0. The lowest BCUT2D eigenvalue weighted by Gasteiger charge is -2.49. The molecule has 2 nitrogen and oxygen atoms in total. The van der Waals surface area contributed by atoms with Crippen molar-refractivity contribution in [3.8, 4) is 0 Å². The first-order valence-electron chi connectivity index (χ1n) is 13.9. The highest BCUT2D eigenvalue weighted by atomic mass is 35.5. The van der Waals surface area contributed by atoms with E-state index in [9.17, 15) is 0 Å². The van der Waals surface area contributed by atoms with Crippen molar-refractivity contribution in [2.45, 2.75) is 17.1 Å². The van der Waals surface area contributed by atoms with E-state index in [-0.39, 0.29) is 12.0 Å². The van der Waals surface area contributed by atoms with Gasteiger partial charge in [-0.2, -0.15) is 0 Å². The smallest absolute Gasteiger partial charge is 0.120 e. The first kappa shape index (κ1) is 26.1. The Bertz CT molecular complexity index is 1640. The lowest BCUT2D eigenvalue weighted by Crippen LogP contribution is -2.50. The van der Waals surface area contributed by atoms with Gasteiger partial charge in [-0.15, -0.1) is 0 Å². The molecule has 0 amide bonds. The molecule has 3 atom stereocenters. The van der Waals surface area contributed by atoms with E-state index < -0.39 is 11.0 Å². The first-order chi connectivity index (χ1) is 20.1. The Morgan fingerprint density at radius 3 is 1.85 bits per heavy atom. The van der Waals surface area contributed by atoms with Crippen molar-refractivity contribution in [1.29, 1.82) is 0 Å². The Kier molecular flexibility index (Phi) is 6.71. The molecule has 0 saturated carbocycles. The average Bonchev–Trinajstić information content (AvgIpc) is 3.39. The second-order valence-corrected chi connectivity index (χ2v) is 11.7. The number of para-hydroxylation sites is 1. The van der Waals surface area contributed by atoms with Gasteiger partial charge in [-0.05, 0) is 58.7 Å². The number of hydrogen-bond donors (Lipinski definition) is 1. The van der Waals surface area contributed by atoms with Gasteiger partial charge in [0.15, 0.2) is 0 Å². The monoisotopic (exact) mass is 573 g/mol. The van der Waals surface area contributed by atoms with E-state index >= 15 is 0 Å². The molecule has 0 bridgehead atoms. The Morgan fingerprint density at radius 2 is 1.22 bits per heavy atom. The molecule has 1 fully saturated rings. The molecule has 1 saturated heterocycles. The third-order valence-electron chi connectivity index (χ3n) is 8.72. The molecule has 5 aromatic carbocycles. The minimum atomic E-state index is -0.725. The summed E-state index contributed by atoms with van der Waals surface area (Å²) in [6.07, 6.45) is 4.45. The van der Waals surface area contributed by atoms with Crippen LogP contribution in [0.3, 0.4) is 0 Å². The summed E-state index contributed by atoms with van der Waals surface area (Å²) < 4.78 is 7.24. The highest BCUT2D eigenvalue weighted by molar-refractivity contribution is 6.30. The summed E-state index contributed by atoms with van der Waals surface area (Å²) in [5.74, 6) is -0.0422. The van der Waals surface area contributed by atoms with Crippen LogP contribution in [0.25, 0.3) is 6.08 Å². The van der Waals surface area contributed by atoms with Gasteiger partial charge in [-0.25, -0.2) is 0 Å². The van der Waals surface area contributed by atoms with Crippen molar-refractivity contribution in [1.82, 2.24) is 0 Å². The topological polar surface area (TPSA) is 21.3 Å². The van der Waals surface area contributed by atoms with Crippen molar-refractivity contribution in [2.75, 3.05) is 11.9 Å². The zero-order chi connectivity index (χ0) is 27.9. The predicted octanol–water partition coefficient (Wildman–Crippen LogP) is 9.70. The number of benzene rings is 5. The van der Waals surface area contributed by atoms with Crippen LogP contribution >= 0.6 is 23.2 Å². The Morgan fingerprint density at radius 1 is 0.659 bits per heavy atom. The van der Waals surface area contributed by atoms with Crippen LogP contribution in [-0.2, 0) is 15.8 Å². The van der Waals surface area contributed by atoms with Gasteiger partial charge in [0.2, 0.25) is 0 Å². The third-order valence-corrected chi connectivity index (χ3v) is 9.23. The fourth-order valence-electron chi connectivity index (χ4n) is 6.90. The van der Waals surface area contributed by atoms with Crippen LogP contribution < -0.4 is 5.32 Å². The van der Waals surface area contributed by atoms with E-state index in [2.05, 4.69) is 115 Å². The summed E-state index contributed by atoms with van der Waals surface area (Å²) >= 11 is 12.6. The Balaban J connectivity index is 1.53. The maximum Gasteiger partial charge on any atom is 0.120 e. The van der Waals surface area contributed by atoms with Gasteiger partial charge in [0.25, 0.3) is 0 Å². The second-order valence-electron chi connectivity index (χ2n) is 10.9. The molecule has 0 unspecified atom stereocenters. The van der Waals surface area contributed by atoms with E-state index in [0.717, 1.165) is 26.9 Å². The highest BCUT2D eigenvalue weighted by Gasteiger charge is 2.64. The quantitative estimate of drug-likeness (QED) is 0.226. The molecule has 0 spiro atoms. The highest BCUT2D eigenvalue weighted by Crippen LogP contribution is 2.63. The van der Waals surface area contributed by atoms with Crippen LogP contribution in [0.4, 0.5) is 5.69 Å². The number of rotatable bonds is 5. The van der Waals surface area contributed by atoms with E-state index in [1.807, 2.05) is 36.4 Å². The molecule has 1 N–H and O–H groups in total. The van der Waals surface area contributed by atoms with Gasteiger partial charge in [0.1, 0.15) is 5.60 Å². The molecule has 202 valence electrons. The van der Waals surface area contributed by atoms with Gasteiger partial charge in [0.05, 0.1) is 18.1 Å². The molecule has 5 aromatic rings. The van der Waals surface area contributed by atoms with E-state index in [1.165, 1.54) is 16.7 Å². The number of ether oxygens (including phenoxy) is 1. The van der Waals surface area contributed by atoms with Crippen molar-refractivity contribution >= 4 is 35.0 Å². The number of nitrogens with one attached hydrogen (secondary N) is 1. The molecule has 2 aliphatic heterocycles. The standard InChI is InChI=1S/C37H29Cl2NO/c38-30-19-15-26(16-20-30)23-24-37-32-13-7-8-14-33(32)40-34(27-17-21-31(39)22-18-27)35(37)36(25-41-37,28-9-3-1-4-10-28)29-11-5-2-6-12-29/h1-24,34-35,40H,25H2/b24-23+/t34-,35+,37+/m1/s1. The van der Waals surface area contributed by atoms with Crippen molar-refractivity contribution in [2.24, 2.45) is 5.92 Å². The average molecular weight is 575 g/mol. The molecule has 41 heavy (non-hydrogen) atoms. The lowest BCUT2D eigenvalue weighted by molar-refractivity contribution is 0.00969. The first-order valence-corrected chi connectivity index (χ1v) is 14.7. The molecule has 2 aliphatic rings. The molecule has 2 heterocycles. The zero-order valence-corrected chi connectivity index (χ0v) is 23.9. The maximum absolute atomic E-state index is 7.24. The van der Waals surface area contributed by atoms with Crippen molar-refractivity contribution in [3.63, 3.8) is 0 Å². The summed E-state index contributed by atoms with van der Waals surface area (Å²) in [5.41, 5.74) is 5.74. The van der Waals surface area contributed by atoms with Gasteiger partial charge in [0, 0.05) is 27.2 Å². The summed E-state index contributed by atoms with van der Waals surface area (Å²) in [6, 6.07) is 46.3. The largest absolute Gasteiger partial charge is 0.377 e. The molecule has 0 aliphatic carbocycles. The summed E-state index contributed by atoms with van der Waals surface area (Å²) in [5, 5.41) is 5.40. The normalized spacial score (nSPS) is 22.6. The molecular weight excluding hydrogens is 545 g/mol. The molecule has 0 aromatic heterocycles. The zero-order valence-electron chi connectivity index (χ0n) is 22.4. The third kappa shape index (κ3) is 4.38. The Labute approximate surface area is 251 Å². The summed E-state index contributed by atoms with van der Waals surface area (Å²) in [4.78, 5) is 0. The van der Waals surface area contributed by atoms with E-state index in [0.29, 0.717) is 6.61 Å². The van der Waals surface area contributed by atoms with Crippen molar-refractivity contribution in [3.05, 3.63) is 177 Å². The van der Waals surface area contributed by atoms with Crippen molar-refractivity contribution < 1.29 is 4.74 Å². The fourth-order valence-corrected chi connectivity index (χ4v) is 7.15. The number of fused-ring (bicyclic) bond motifs is 3. The minimum absolute atomic E-state index is 0.0422. The number of hydrogen-bond acceptors (Lipinski definition) is 2. The maximum atomic E-state index is 7.24. The van der Waals surface area contributed by atoms with Crippen LogP contribution in [-0.4, -0.2) is 6.61 Å². The van der Waals surface area contributed by atoms with Crippen LogP contribution in [0.2, 0.25) is 10.0 Å². The fraction of sp³-hybridized carbons (Fsp3) is 0.135. The van der Waals surface area contributed by atoms with E-state index in [4.69, 9.17) is 27.9 Å². The van der Waals surface area contributed by atoms with Crippen LogP contribution in [0, 0.1) is 5.92 Å². The number of anilines is 1. The van der Waals surface area contributed by atoms with Gasteiger partial charge in [-0.3, -0.25) is 0 Å². The minimum Gasteiger partial charge on any atom is -0.377 e. The van der Waals surface area contributed by atoms with Crippen LogP contribution in [0.1, 0.15) is 33.9 Å². The lowest BCUT2D eigenvalue weighted by atomic mass is 9.57. The molecule has 4 heteroatoms. The predicted molar refractivity (Wildman–Crippen MR) is 170 cm³/mol. The summed E-state index contributed by atoms with van der Waals surface area (Å²) in [6.45, 7) is 0.525. The van der Waals surface area contributed by atoms with Gasteiger partial charge < -0.3 is 10.1 Å². The second kappa shape index (κ2) is 10.5. The molecule has 7 rings (SSSR count). The molecular formula is C37H29Cl2NO. The molecule has 0 radical (unpaired) electrons. The van der Waals surface area contributed by atoms with Gasteiger partial charge >= 0.3 is 0 Å². The van der Waals surface area contributed by atoms with Crippen LogP contribution in [0.15, 0.2) is 140 Å². The van der Waals surface area contributed by atoms with Crippen LogP contribution in [0.5, 0.6) is 0 Å². The van der Waals surface area contributed by atoms with E-state index in [1.54, 1.807) is 0 Å². The Hall–Kier alpha value is -3.82.